The SMILES string of the molecule is COCC[C@@H](CC[C@H]1C(C)=CC[C@H]2C(C)(C)CCC[C@]12C)C(=O)OC. The lowest BCUT2D eigenvalue weighted by Crippen LogP contribution is -2.48. The van der Waals surface area contributed by atoms with Crippen molar-refractivity contribution in [3.8, 4) is 0 Å². The molecule has 0 N–H and O–H groups in total. The summed E-state index contributed by atoms with van der Waals surface area (Å²) in [6.07, 6.45) is 10.4. The van der Waals surface area contributed by atoms with Crippen molar-refractivity contribution in [2.45, 2.75) is 72.6 Å². The number of hydrogen-bond acceptors (Lipinski definition) is 3. The van der Waals surface area contributed by atoms with E-state index < -0.39 is 0 Å². The molecule has 2 aliphatic carbocycles. The van der Waals surface area contributed by atoms with Crippen molar-refractivity contribution in [2.24, 2.45) is 28.6 Å². The summed E-state index contributed by atoms with van der Waals surface area (Å²) in [4.78, 5) is 12.1. The van der Waals surface area contributed by atoms with Crippen LogP contribution in [0.5, 0.6) is 0 Å². The number of carbonyl (C=O) groups is 1. The van der Waals surface area contributed by atoms with E-state index in [0.29, 0.717) is 23.4 Å². The molecule has 3 heteroatoms. The summed E-state index contributed by atoms with van der Waals surface area (Å²) in [7, 11) is 3.19. The van der Waals surface area contributed by atoms with Crippen molar-refractivity contribution in [3.63, 3.8) is 0 Å². The fourth-order valence-corrected chi connectivity index (χ4v) is 5.87. The minimum absolute atomic E-state index is 0.0432. The molecule has 1 saturated carbocycles. The first-order valence-electron chi connectivity index (χ1n) is 9.99. The van der Waals surface area contributed by atoms with E-state index in [1.165, 1.54) is 38.4 Å². The van der Waals surface area contributed by atoms with Crippen molar-refractivity contribution >= 4 is 5.97 Å². The zero-order valence-corrected chi connectivity index (χ0v) is 17.2. The van der Waals surface area contributed by atoms with E-state index in [9.17, 15) is 4.79 Å². The number of fused-ring (bicyclic) bond motifs is 1. The Balaban J connectivity index is 2.14. The van der Waals surface area contributed by atoms with Crippen molar-refractivity contribution in [1.29, 1.82) is 0 Å². The quantitative estimate of drug-likeness (QED) is 0.456. The van der Waals surface area contributed by atoms with Crippen molar-refractivity contribution in [1.82, 2.24) is 0 Å². The van der Waals surface area contributed by atoms with Gasteiger partial charge in [0.25, 0.3) is 0 Å². The molecule has 0 unspecified atom stereocenters. The summed E-state index contributed by atoms with van der Waals surface area (Å²) in [6.45, 7) is 10.3. The molecule has 0 aromatic carbocycles. The second-order valence-corrected chi connectivity index (χ2v) is 9.22. The van der Waals surface area contributed by atoms with Gasteiger partial charge >= 0.3 is 5.97 Å². The van der Waals surface area contributed by atoms with Crippen LogP contribution in [0.4, 0.5) is 0 Å². The Bertz CT molecular complexity index is 494. The number of rotatable bonds is 7. The van der Waals surface area contributed by atoms with E-state index in [1.54, 1.807) is 7.11 Å². The Morgan fingerprint density at radius 1 is 1.24 bits per heavy atom. The van der Waals surface area contributed by atoms with Gasteiger partial charge in [-0.3, -0.25) is 4.79 Å². The van der Waals surface area contributed by atoms with E-state index in [1.807, 2.05) is 0 Å². The molecule has 2 rings (SSSR count). The second kappa shape index (κ2) is 8.24. The van der Waals surface area contributed by atoms with Crippen LogP contribution in [0.3, 0.4) is 0 Å². The highest BCUT2D eigenvalue weighted by molar-refractivity contribution is 5.72. The zero-order valence-electron chi connectivity index (χ0n) is 17.2. The van der Waals surface area contributed by atoms with E-state index in [0.717, 1.165) is 25.2 Å². The molecule has 1 fully saturated rings. The van der Waals surface area contributed by atoms with Gasteiger partial charge in [0.15, 0.2) is 0 Å². The molecule has 3 nitrogen and oxygen atoms in total. The zero-order chi connectivity index (χ0) is 18.7. The van der Waals surface area contributed by atoms with Gasteiger partial charge in [-0.15, -0.1) is 0 Å². The second-order valence-electron chi connectivity index (χ2n) is 9.22. The maximum Gasteiger partial charge on any atom is 0.308 e. The normalized spacial score (nSPS) is 32.5. The van der Waals surface area contributed by atoms with Crippen molar-refractivity contribution < 1.29 is 14.3 Å². The molecule has 25 heavy (non-hydrogen) atoms. The predicted molar refractivity (Wildman–Crippen MR) is 102 cm³/mol. The van der Waals surface area contributed by atoms with Crippen molar-refractivity contribution in [2.75, 3.05) is 20.8 Å². The minimum Gasteiger partial charge on any atom is -0.469 e. The highest BCUT2D eigenvalue weighted by Crippen LogP contribution is 2.60. The first-order chi connectivity index (χ1) is 11.8. The lowest BCUT2D eigenvalue weighted by molar-refractivity contribution is -0.146. The first kappa shape index (κ1) is 20.5. The number of methoxy groups -OCH3 is 2. The molecule has 0 radical (unpaired) electrons. The summed E-state index contributed by atoms with van der Waals surface area (Å²) in [5, 5.41) is 0. The predicted octanol–water partition coefficient (Wildman–Crippen LogP) is 5.39. The molecule has 0 aromatic heterocycles. The van der Waals surface area contributed by atoms with Gasteiger partial charge in [-0.05, 0) is 68.1 Å². The fourth-order valence-electron chi connectivity index (χ4n) is 5.87. The topological polar surface area (TPSA) is 35.5 Å². The van der Waals surface area contributed by atoms with E-state index >= 15 is 0 Å². The number of allylic oxidation sites excluding steroid dienone is 2. The molecule has 0 bridgehead atoms. The molecule has 0 saturated heterocycles. The van der Waals surface area contributed by atoms with Crippen LogP contribution in [0, 0.1) is 28.6 Å². The van der Waals surface area contributed by atoms with E-state index in [2.05, 4.69) is 33.8 Å². The largest absolute Gasteiger partial charge is 0.469 e. The Morgan fingerprint density at radius 3 is 2.60 bits per heavy atom. The van der Waals surface area contributed by atoms with Crippen LogP contribution in [-0.2, 0) is 14.3 Å². The smallest absolute Gasteiger partial charge is 0.308 e. The molecule has 0 amide bonds. The summed E-state index contributed by atoms with van der Waals surface area (Å²) >= 11 is 0. The van der Waals surface area contributed by atoms with E-state index in [-0.39, 0.29) is 11.9 Å². The summed E-state index contributed by atoms with van der Waals surface area (Å²) in [5.41, 5.74) is 2.31. The highest BCUT2D eigenvalue weighted by Gasteiger charge is 2.51. The molecular formula is C22H38O3. The maximum absolute atomic E-state index is 12.1. The van der Waals surface area contributed by atoms with Crippen LogP contribution in [-0.4, -0.2) is 26.8 Å². The Labute approximate surface area is 154 Å². The molecule has 0 heterocycles. The third kappa shape index (κ3) is 4.30. The Hall–Kier alpha value is -0.830. The molecule has 0 spiro atoms. The Kier molecular flexibility index (Phi) is 6.75. The lowest BCUT2D eigenvalue weighted by Gasteiger charge is -2.57. The third-order valence-corrected chi connectivity index (χ3v) is 7.31. The summed E-state index contributed by atoms with van der Waals surface area (Å²) < 4.78 is 10.2. The van der Waals surface area contributed by atoms with Gasteiger partial charge in [-0.25, -0.2) is 0 Å². The van der Waals surface area contributed by atoms with E-state index in [4.69, 9.17) is 9.47 Å². The van der Waals surface area contributed by atoms with Gasteiger partial charge in [0.05, 0.1) is 13.0 Å². The average molecular weight is 351 g/mol. The van der Waals surface area contributed by atoms with Crippen LogP contribution >= 0.6 is 0 Å². The minimum atomic E-state index is -0.0832. The molecule has 4 atom stereocenters. The van der Waals surface area contributed by atoms with Crippen LogP contribution in [0.15, 0.2) is 11.6 Å². The number of ether oxygens (including phenoxy) is 2. The van der Waals surface area contributed by atoms with Gasteiger partial charge in [-0.1, -0.05) is 38.8 Å². The van der Waals surface area contributed by atoms with Crippen LogP contribution in [0.2, 0.25) is 0 Å². The van der Waals surface area contributed by atoms with Gasteiger partial charge < -0.3 is 9.47 Å². The summed E-state index contributed by atoms with van der Waals surface area (Å²) in [6, 6.07) is 0. The van der Waals surface area contributed by atoms with Gasteiger partial charge in [-0.2, -0.15) is 0 Å². The third-order valence-electron chi connectivity index (χ3n) is 7.31. The van der Waals surface area contributed by atoms with Gasteiger partial charge in [0, 0.05) is 13.7 Å². The average Bonchev–Trinajstić information content (AvgIpc) is 2.55. The van der Waals surface area contributed by atoms with Gasteiger partial charge in [0.2, 0.25) is 0 Å². The van der Waals surface area contributed by atoms with Crippen LogP contribution in [0.1, 0.15) is 72.6 Å². The van der Waals surface area contributed by atoms with Crippen molar-refractivity contribution in [3.05, 3.63) is 11.6 Å². The number of hydrogen-bond donors (Lipinski definition) is 0. The highest BCUT2D eigenvalue weighted by atomic mass is 16.5. The van der Waals surface area contributed by atoms with Gasteiger partial charge in [0.1, 0.15) is 0 Å². The number of esters is 1. The lowest BCUT2D eigenvalue weighted by atomic mass is 9.48. The molecule has 2 aliphatic rings. The molecule has 0 aliphatic heterocycles. The first-order valence-corrected chi connectivity index (χ1v) is 9.99. The fraction of sp³-hybridized carbons (Fsp3) is 0.864. The summed E-state index contributed by atoms with van der Waals surface area (Å²) in [5.74, 6) is 1.21. The van der Waals surface area contributed by atoms with Crippen LogP contribution < -0.4 is 0 Å². The monoisotopic (exact) mass is 350 g/mol. The standard InChI is InChI=1S/C22H38O3/c1-16-8-11-19-21(2,3)13-7-14-22(19,4)18(16)10-9-17(12-15-24-5)20(23)25-6/h8,17-19H,7,9-15H2,1-6H3/t17-,18+,19+,22-/m1/s1. The molecular weight excluding hydrogens is 312 g/mol. The Morgan fingerprint density at radius 2 is 1.96 bits per heavy atom. The van der Waals surface area contributed by atoms with Crippen LogP contribution in [0.25, 0.3) is 0 Å². The molecule has 144 valence electrons. The maximum atomic E-state index is 12.1. The molecule has 0 aromatic rings. The number of carbonyl (C=O) groups excluding carboxylic acids is 1.